The van der Waals surface area contributed by atoms with Gasteiger partial charge in [-0.15, -0.1) is 4.72 Å². The molecule has 4 nitrogen and oxygen atoms in total. The number of aliphatic hydroxyl groups excluding tert-OH is 1. The molecule has 0 saturated heterocycles. The highest BCUT2D eigenvalue weighted by Crippen LogP contribution is 2.35. The Balaban J connectivity index is 3.21. The van der Waals surface area contributed by atoms with Gasteiger partial charge in [0.05, 0.1) is 12.3 Å². The van der Waals surface area contributed by atoms with Crippen LogP contribution in [0.1, 0.15) is 38.1 Å². The molecule has 2 N–H and O–H groups in total. The van der Waals surface area contributed by atoms with Crippen LogP contribution in [0, 0.1) is 0 Å². The Morgan fingerprint density at radius 2 is 2.00 bits per heavy atom. The summed E-state index contributed by atoms with van der Waals surface area (Å²) in [5.74, 6) is 0. The van der Waals surface area contributed by atoms with Crippen LogP contribution >= 0.6 is 15.9 Å². The van der Waals surface area contributed by atoms with Gasteiger partial charge in [0.25, 0.3) is 0 Å². The minimum atomic E-state index is -4.69. The first-order valence-electron chi connectivity index (χ1n) is 5.96. The van der Waals surface area contributed by atoms with Gasteiger partial charge in [-0.05, 0) is 42.8 Å². The number of rotatable bonds is 4. The summed E-state index contributed by atoms with van der Waals surface area (Å²) in [6.07, 6.45) is -3.49. The number of hydrogen-bond donors (Lipinski definition) is 2. The summed E-state index contributed by atoms with van der Waals surface area (Å²) in [4.78, 5) is 3.73. The van der Waals surface area contributed by atoms with Crippen molar-refractivity contribution in [2.75, 3.05) is 0 Å². The summed E-state index contributed by atoms with van der Waals surface area (Å²) in [7, 11) is 0. The molecule has 0 unspecified atom stereocenters. The van der Waals surface area contributed by atoms with Crippen LogP contribution in [0.3, 0.4) is 0 Å². The second-order valence-electron chi connectivity index (χ2n) is 5.33. The normalized spacial score (nSPS) is 15.9. The van der Waals surface area contributed by atoms with E-state index in [1.165, 1.54) is 12.3 Å². The third kappa shape index (κ3) is 5.10. The van der Waals surface area contributed by atoms with E-state index in [2.05, 4.69) is 25.6 Å². The Kier molecular flexibility index (Phi) is 6.08. The van der Waals surface area contributed by atoms with Gasteiger partial charge < -0.3 is 9.66 Å². The molecule has 9 heteroatoms. The molecule has 1 rings (SSSR count). The van der Waals surface area contributed by atoms with Crippen molar-refractivity contribution >= 4 is 27.3 Å². The second-order valence-corrected chi connectivity index (χ2v) is 8.24. The Labute approximate surface area is 132 Å². The molecule has 0 spiro atoms. The molecular formula is C12H16BrF3N2O2S. The fraction of sp³-hybridized carbons (Fsp3) is 0.583. The predicted octanol–water partition coefficient (Wildman–Crippen LogP) is 2.99. The first-order valence-corrected chi connectivity index (χ1v) is 7.91. The molecule has 0 aliphatic rings. The van der Waals surface area contributed by atoms with Crippen LogP contribution in [0.15, 0.2) is 16.7 Å². The van der Waals surface area contributed by atoms with Gasteiger partial charge in [-0.1, -0.05) is 0 Å². The smallest absolute Gasteiger partial charge is 0.413 e. The Bertz CT molecular complexity index is 494. The Morgan fingerprint density at radius 1 is 1.43 bits per heavy atom. The minimum Gasteiger partial charge on any atom is -0.598 e. The number of alkyl halides is 3. The van der Waals surface area contributed by atoms with Crippen LogP contribution in [0.4, 0.5) is 13.2 Å². The average Bonchev–Trinajstić information content (AvgIpc) is 2.33. The fourth-order valence-electron chi connectivity index (χ4n) is 1.44. The standard InChI is InChI=1S/C12H16BrF3N2O2S/c1-11(2,3)21(20)18-10(12(14,15)16)9-7(6-19)4-8(13)5-17-9/h4-5,10,18-19H,6H2,1-3H3/t10-,21-/m1/s1. The number of aromatic nitrogens is 1. The number of halogens is 4. The van der Waals surface area contributed by atoms with Crippen molar-refractivity contribution in [2.45, 2.75) is 44.3 Å². The van der Waals surface area contributed by atoms with Gasteiger partial charge in [-0.3, -0.25) is 4.98 Å². The molecule has 1 heterocycles. The molecular weight excluding hydrogens is 373 g/mol. The van der Waals surface area contributed by atoms with E-state index in [0.717, 1.165) is 0 Å². The first kappa shape index (κ1) is 18.7. The van der Waals surface area contributed by atoms with E-state index in [1.807, 2.05) is 0 Å². The van der Waals surface area contributed by atoms with Gasteiger partial charge in [0.2, 0.25) is 0 Å². The third-order valence-corrected chi connectivity index (χ3v) is 4.52. The minimum absolute atomic E-state index is 0.0186. The molecule has 2 atom stereocenters. The van der Waals surface area contributed by atoms with Crippen LogP contribution in [0.25, 0.3) is 0 Å². The number of nitrogens with zero attached hydrogens (tertiary/aromatic N) is 1. The van der Waals surface area contributed by atoms with E-state index in [-0.39, 0.29) is 11.3 Å². The summed E-state index contributed by atoms with van der Waals surface area (Å²) >= 11 is 1.15. The van der Waals surface area contributed by atoms with Crippen LogP contribution in [0.2, 0.25) is 0 Å². The SMILES string of the molecule is CC(C)(C)[S@@+]([O-])N[C@H](c1ncc(Br)cc1CO)C(F)(F)F. The van der Waals surface area contributed by atoms with Crippen molar-refractivity contribution in [2.24, 2.45) is 0 Å². The highest BCUT2D eigenvalue weighted by molar-refractivity contribution is 9.10. The molecule has 1 aromatic heterocycles. The van der Waals surface area contributed by atoms with Crippen LogP contribution in [0.5, 0.6) is 0 Å². The van der Waals surface area contributed by atoms with Crippen LogP contribution < -0.4 is 4.72 Å². The molecule has 0 amide bonds. The van der Waals surface area contributed by atoms with E-state index < -0.39 is 34.9 Å². The lowest BCUT2D eigenvalue weighted by Crippen LogP contribution is -2.46. The molecule has 21 heavy (non-hydrogen) atoms. The number of aliphatic hydroxyl groups is 1. The zero-order chi connectivity index (χ0) is 16.4. The molecule has 0 aromatic carbocycles. The maximum Gasteiger partial charge on any atom is 0.413 e. The van der Waals surface area contributed by atoms with Gasteiger partial charge in [0.15, 0.2) is 6.04 Å². The quantitative estimate of drug-likeness (QED) is 0.777. The average molecular weight is 389 g/mol. The zero-order valence-corrected chi connectivity index (χ0v) is 14.1. The van der Waals surface area contributed by atoms with Crippen LogP contribution in [-0.4, -0.2) is 25.6 Å². The van der Waals surface area contributed by atoms with E-state index in [9.17, 15) is 22.8 Å². The summed E-state index contributed by atoms with van der Waals surface area (Å²) in [6, 6.07) is -0.865. The first-order chi connectivity index (χ1) is 9.46. The lowest BCUT2D eigenvalue weighted by molar-refractivity contribution is -0.154. The van der Waals surface area contributed by atoms with Gasteiger partial charge in [0, 0.05) is 27.6 Å². The number of hydrogen-bond acceptors (Lipinski definition) is 4. The molecule has 120 valence electrons. The molecule has 0 radical (unpaired) electrons. The summed E-state index contributed by atoms with van der Waals surface area (Å²) in [5, 5.41) is 9.22. The lowest BCUT2D eigenvalue weighted by atomic mass is 10.1. The van der Waals surface area contributed by atoms with Crippen molar-refractivity contribution in [3.8, 4) is 0 Å². The molecule has 0 fully saturated rings. The Hall–Kier alpha value is -0.350. The molecule has 0 saturated carbocycles. The maximum atomic E-state index is 13.2. The fourth-order valence-corrected chi connectivity index (χ4v) is 2.63. The predicted molar refractivity (Wildman–Crippen MR) is 77.7 cm³/mol. The summed E-state index contributed by atoms with van der Waals surface area (Å²) in [6.45, 7) is 4.08. The zero-order valence-electron chi connectivity index (χ0n) is 11.7. The van der Waals surface area contributed by atoms with Crippen molar-refractivity contribution < 1.29 is 22.8 Å². The topological polar surface area (TPSA) is 68.2 Å². The van der Waals surface area contributed by atoms with Gasteiger partial charge in [0.1, 0.15) is 4.75 Å². The lowest BCUT2D eigenvalue weighted by Gasteiger charge is -2.29. The van der Waals surface area contributed by atoms with Gasteiger partial charge >= 0.3 is 6.18 Å². The molecule has 0 aliphatic heterocycles. The van der Waals surface area contributed by atoms with Gasteiger partial charge in [-0.2, -0.15) is 13.2 Å². The summed E-state index contributed by atoms with van der Waals surface area (Å²) in [5.41, 5.74) is -0.365. The van der Waals surface area contributed by atoms with Crippen molar-refractivity contribution in [1.29, 1.82) is 0 Å². The largest absolute Gasteiger partial charge is 0.598 e. The van der Waals surface area contributed by atoms with Gasteiger partial charge in [-0.25, -0.2) is 0 Å². The number of nitrogens with one attached hydrogen (secondary N) is 1. The van der Waals surface area contributed by atoms with E-state index >= 15 is 0 Å². The third-order valence-electron chi connectivity index (χ3n) is 2.52. The Morgan fingerprint density at radius 3 is 2.43 bits per heavy atom. The summed E-state index contributed by atoms with van der Waals surface area (Å²) < 4.78 is 53.3. The van der Waals surface area contributed by atoms with Crippen molar-refractivity contribution in [3.63, 3.8) is 0 Å². The molecule has 0 bridgehead atoms. The van der Waals surface area contributed by atoms with Crippen molar-refractivity contribution in [1.82, 2.24) is 9.71 Å². The monoisotopic (exact) mass is 388 g/mol. The second kappa shape index (κ2) is 6.82. The van der Waals surface area contributed by atoms with E-state index in [4.69, 9.17) is 0 Å². The highest BCUT2D eigenvalue weighted by atomic mass is 79.9. The van der Waals surface area contributed by atoms with E-state index in [0.29, 0.717) is 4.47 Å². The highest BCUT2D eigenvalue weighted by Gasteiger charge is 2.47. The molecule has 0 aliphatic carbocycles. The van der Waals surface area contributed by atoms with E-state index in [1.54, 1.807) is 20.8 Å². The number of pyridine rings is 1. The van der Waals surface area contributed by atoms with Crippen molar-refractivity contribution in [3.05, 3.63) is 28.0 Å². The van der Waals surface area contributed by atoms with Crippen LogP contribution in [-0.2, 0) is 18.0 Å². The maximum absolute atomic E-state index is 13.2. The molecule has 1 aromatic rings.